The molecule has 5 heteroatoms. The zero-order valence-electron chi connectivity index (χ0n) is 13.8. The third-order valence-corrected chi connectivity index (χ3v) is 5.64. The van der Waals surface area contributed by atoms with E-state index < -0.39 is 5.41 Å². The van der Waals surface area contributed by atoms with Crippen molar-refractivity contribution in [2.45, 2.75) is 57.9 Å². The highest BCUT2D eigenvalue weighted by atomic mass is 16.2. The highest BCUT2D eigenvalue weighted by Crippen LogP contribution is 2.48. The van der Waals surface area contributed by atoms with Gasteiger partial charge in [0.05, 0.1) is 0 Å². The molecule has 0 atom stereocenters. The van der Waals surface area contributed by atoms with Crippen LogP contribution in [0.5, 0.6) is 0 Å². The predicted octanol–water partition coefficient (Wildman–Crippen LogP) is 1.38. The van der Waals surface area contributed by atoms with Crippen molar-refractivity contribution in [1.82, 2.24) is 15.1 Å². The van der Waals surface area contributed by atoms with Crippen LogP contribution in [0.2, 0.25) is 0 Å². The van der Waals surface area contributed by atoms with Gasteiger partial charge in [-0.1, -0.05) is 26.2 Å². The fourth-order valence-electron chi connectivity index (χ4n) is 3.80. The van der Waals surface area contributed by atoms with Crippen LogP contribution in [-0.2, 0) is 9.59 Å². The van der Waals surface area contributed by atoms with Crippen molar-refractivity contribution in [3.8, 4) is 0 Å². The summed E-state index contributed by atoms with van der Waals surface area (Å²) >= 11 is 0. The van der Waals surface area contributed by atoms with Gasteiger partial charge in [-0.15, -0.1) is 0 Å². The van der Waals surface area contributed by atoms with E-state index >= 15 is 0 Å². The van der Waals surface area contributed by atoms with E-state index in [1.54, 1.807) is 0 Å². The maximum absolute atomic E-state index is 12.8. The van der Waals surface area contributed by atoms with Crippen LogP contribution in [0.15, 0.2) is 0 Å². The van der Waals surface area contributed by atoms with Crippen LogP contribution in [0, 0.1) is 5.41 Å². The maximum Gasteiger partial charge on any atom is 0.238 e. The standard InChI is InChI=1S/C17H29N3O2/c1-2-19-10-12-20(13-11-19)16(22)17(8-9-17)15(21)18-14-6-4-3-5-7-14/h14H,2-13H2,1H3,(H,18,21). The number of rotatable bonds is 4. The summed E-state index contributed by atoms with van der Waals surface area (Å²) in [5, 5.41) is 3.16. The second-order valence-electron chi connectivity index (χ2n) is 7.12. The van der Waals surface area contributed by atoms with Crippen molar-refractivity contribution in [1.29, 1.82) is 0 Å². The van der Waals surface area contributed by atoms with Gasteiger partial charge in [-0.25, -0.2) is 0 Å². The normalized spacial score (nSPS) is 25.8. The van der Waals surface area contributed by atoms with E-state index in [4.69, 9.17) is 0 Å². The minimum absolute atomic E-state index is 0.00215. The molecule has 0 aromatic rings. The second kappa shape index (κ2) is 6.57. The topological polar surface area (TPSA) is 52.7 Å². The zero-order chi connectivity index (χ0) is 15.6. The molecular weight excluding hydrogens is 278 g/mol. The smallest absolute Gasteiger partial charge is 0.238 e. The molecule has 3 aliphatic rings. The Morgan fingerprint density at radius 2 is 1.68 bits per heavy atom. The Balaban J connectivity index is 1.55. The lowest BCUT2D eigenvalue weighted by molar-refractivity contribution is -0.145. The van der Waals surface area contributed by atoms with Gasteiger partial charge >= 0.3 is 0 Å². The lowest BCUT2D eigenvalue weighted by atomic mass is 9.94. The van der Waals surface area contributed by atoms with Crippen LogP contribution < -0.4 is 5.32 Å². The molecule has 2 saturated carbocycles. The van der Waals surface area contributed by atoms with E-state index in [9.17, 15) is 9.59 Å². The summed E-state index contributed by atoms with van der Waals surface area (Å²) in [4.78, 5) is 29.7. The first kappa shape index (κ1) is 15.8. The molecule has 1 N–H and O–H groups in total. The quantitative estimate of drug-likeness (QED) is 0.798. The second-order valence-corrected chi connectivity index (χ2v) is 7.12. The molecule has 1 aliphatic heterocycles. The summed E-state index contributed by atoms with van der Waals surface area (Å²) in [7, 11) is 0. The first-order valence-electron chi connectivity index (χ1n) is 8.98. The SMILES string of the molecule is CCN1CCN(C(=O)C2(C(=O)NC3CCCCC3)CC2)CC1. The van der Waals surface area contributed by atoms with Gasteiger partial charge < -0.3 is 15.1 Å². The predicted molar refractivity (Wildman–Crippen MR) is 85.4 cm³/mol. The van der Waals surface area contributed by atoms with E-state index in [1.807, 2.05) is 4.90 Å². The Bertz CT molecular complexity index is 420. The van der Waals surface area contributed by atoms with E-state index in [-0.39, 0.29) is 11.8 Å². The number of nitrogens with zero attached hydrogens (tertiary/aromatic N) is 2. The number of hydrogen-bond acceptors (Lipinski definition) is 3. The molecule has 2 amide bonds. The molecule has 124 valence electrons. The van der Waals surface area contributed by atoms with Crippen molar-refractivity contribution in [3.63, 3.8) is 0 Å². The molecule has 2 aliphatic carbocycles. The number of amides is 2. The van der Waals surface area contributed by atoms with Crippen molar-refractivity contribution in [3.05, 3.63) is 0 Å². The largest absolute Gasteiger partial charge is 0.352 e. The highest BCUT2D eigenvalue weighted by Gasteiger charge is 2.58. The molecule has 0 bridgehead atoms. The number of nitrogens with one attached hydrogen (secondary N) is 1. The number of carbonyl (C=O) groups excluding carboxylic acids is 2. The molecule has 0 aromatic carbocycles. The average Bonchev–Trinajstić information content (AvgIpc) is 3.37. The molecular formula is C17H29N3O2. The molecule has 0 radical (unpaired) electrons. The van der Waals surface area contributed by atoms with Crippen molar-refractivity contribution >= 4 is 11.8 Å². The Morgan fingerprint density at radius 1 is 1.05 bits per heavy atom. The maximum atomic E-state index is 12.8. The number of piperazine rings is 1. The van der Waals surface area contributed by atoms with Crippen LogP contribution in [0.25, 0.3) is 0 Å². The fourth-order valence-corrected chi connectivity index (χ4v) is 3.80. The minimum Gasteiger partial charge on any atom is -0.352 e. The molecule has 3 rings (SSSR count). The van der Waals surface area contributed by atoms with Crippen LogP contribution >= 0.6 is 0 Å². The van der Waals surface area contributed by atoms with E-state index in [2.05, 4.69) is 17.1 Å². The molecule has 1 heterocycles. The molecule has 0 aromatic heterocycles. The minimum atomic E-state index is -0.716. The number of likely N-dealkylation sites (N-methyl/N-ethyl adjacent to an activating group) is 1. The van der Waals surface area contributed by atoms with E-state index in [0.717, 1.165) is 58.4 Å². The van der Waals surface area contributed by atoms with Gasteiger partial charge in [0.25, 0.3) is 0 Å². The molecule has 1 saturated heterocycles. The average molecular weight is 307 g/mol. The van der Waals surface area contributed by atoms with E-state index in [1.165, 1.54) is 19.3 Å². The van der Waals surface area contributed by atoms with Gasteiger partial charge in [0.15, 0.2) is 0 Å². The monoisotopic (exact) mass is 307 g/mol. The van der Waals surface area contributed by atoms with Crippen molar-refractivity contribution in [2.24, 2.45) is 5.41 Å². The van der Waals surface area contributed by atoms with Crippen LogP contribution in [-0.4, -0.2) is 60.4 Å². The molecule has 22 heavy (non-hydrogen) atoms. The summed E-state index contributed by atoms with van der Waals surface area (Å²) in [5.41, 5.74) is -0.716. The Labute approximate surface area is 133 Å². The zero-order valence-corrected chi connectivity index (χ0v) is 13.8. The van der Waals surface area contributed by atoms with Crippen LogP contribution in [0.1, 0.15) is 51.9 Å². The Kier molecular flexibility index (Phi) is 4.71. The summed E-state index contributed by atoms with van der Waals surface area (Å²) in [5.74, 6) is 0.0823. The van der Waals surface area contributed by atoms with Crippen LogP contribution in [0.3, 0.4) is 0 Å². The van der Waals surface area contributed by atoms with Gasteiger partial charge in [-0.05, 0) is 32.2 Å². The van der Waals surface area contributed by atoms with Gasteiger partial charge in [0, 0.05) is 32.2 Å². The Morgan fingerprint density at radius 3 is 2.23 bits per heavy atom. The summed E-state index contributed by atoms with van der Waals surface area (Å²) < 4.78 is 0. The number of carbonyl (C=O) groups is 2. The first-order chi connectivity index (χ1) is 10.7. The molecule has 5 nitrogen and oxygen atoms in total. The highest BCUT2D eigenvalue weighted by molar-refractivity contribution is 6.08. The van der Waals surface area contributed by atoms with Gasteiger partial charge in [-0.3, -0.25) is 9.59 Å². The van der Waals surface area contributed by atoms with Crippen LogP contribution in [0.4, 0.5) is 0 Å². The summed E-state index contributed by atoms with van der Waals surface area (Å²) in [6.07, 6.45) is 7.29. The van der Waals surface area contributed by atoms with Crippen molar-refractivity contribution < 1.29 is 9.59 Å². The summed E-state index contributed by atoms with van der Waals surface area (Å²) in [6, 6.07) is 0.295. The van der Waals surface area contributed by atoms with Gasteiger partial charge in [0.2, 0.25) is 11.8 Å². The van der Waals surface area contributed by atoms with Gasteiger partial charge in [0.1, 0.15) is 5.41 Å². The Hall–Kier alpha value is -1.10. The summed E-state index contributed by atoms with van der Waals surface area (Å²) in [6.45, 7) is 6.59. The van der Waals surface area contributed by atoms with E-state index in [0.29, 0.717) is 6.04 Å². The number of hydrogen-bond donors (Lipinski definition) is 1. The first-order valence-corrected chi connectivity index (χ1v) is 8.98. The van der Waals surface area contributed by atoms with Crippen molar-refractivity contribution in [2.75, 3.05) is 32.7 Å². The van der Waals surface area contributed by atoms with Gasteiger partial charge in [-0.2, -0.15) is 0 Å². The lowest BCUT2D eigenvalue weighted by Gasteiger charge is -2.36. The molecule has 3 fully saturated rings. The third kappa shape index (κ3) is 3.14. The third-order valence-electron chi connectivity index (χ3n) is 5.64. The molecule has 0 unspecified atom stereocenters. The lowest BCUT2D eigenvalue weighted by Crippen LogP contribution is -2.54. The fraction of sp³-hybridized carbons (Fsp3) is 0.882. The molecule has 0 spiro atoms.